The number of esters is 1. The van der Waals surface area contributed by atoms with E-state index >= 15 is 0 Å². The first-order valence-corrected chi connectivity index (χ1v) is 5.64. The molecule has 1 aromatic carbocycles. The van der Waals surface area contributed by atoms with E-state index in [1.54, 1.807) is 6.07 Å². The van der Waals surface area contributed by atoms with Crippen molar-refractivity contribution in [1.29, 1.82) is 0 Å². The van der Waals surface area contributed by atoms with Crippen molar-refractivity contribution in [3.63, 3.8) is 0 Å². The van der Waals surface area contributed by atoms with E-state index in [0.717, 1.165) is 12.9 Å². The highest BCUT2D eigenvalue weighted by Crippen LogP contribution is 2.26. The number of hydrogen-bond donors (Lipinski definition) is 1. The Morgan fingerprint density at radius 2 is 2.23 bits per heavy atom. The molecule has 0 spiro atoms. The van der Waals surface area contributed by atoms with Crippen molar-refractivity contribution in [2.24, 2.45) is 0 Å². The number of halogens is 2. The molecule has 0 aliphatic heterocycles. The molecule has 0 radical (unpaired) electrons. The Bertz CT molecular complexity index is 354. The highest BCUT2D eigenvalue weighted by molar-refractivity contribution is 14.1. The molecular weight excluding hydrogens is 367 g/mol. The van der Waals surface area contributed by atoms with E-state index in [1.807, 2.05) is 6.07 Å². The molecule has 5 heteroatoms. The Hall–Kier alpha value is 0.250. The SMILES string of the molecule is COC(=O)c1cc(Br)cc(S)c1I. The van der Waals surface area contributed by atoms with Gasteiger partial charge in [0.1, 0.15) is 0 Å². The monoisotopic (exact) mass is 372 g/mol. The van der Waals surface area contributed by atoms with Gasteiger partial charge >= 0.3 is 5.97 Å². The Balaban J connectivity index is 3.28. The predicted molar refractivity (Wildman–Crippen MR) is 65.5 cm³/mol. The quantitative estimate of drug-likeness (QED) is 0.465. The number of carbonyl (C=O) groups excluding carboxylic acids is 1. The summed E-state index contributed by atoms with van der Waals surface area (Å²) in [6.07, 6.45) is 0. The fraction of sp³-hybridized carbons (Fsp3) is 0.125. The van der Waals surface area contributed by atoms with Gasteiger partial charge < -0.3 is 4.74 Å². The Morgan fingerprint density at radius 1 is 1.62 bits per heavy atom. The number of benzene rings is 1. The van der Waals surface area contributed by atoms with Gasteiger partial charge in [-0.3, -0.25) is 0 Å². The van der Waals surface area contributed by atoms with Crippen LogP contribution in [0.3, 0.4) is 0 Å². The highest BCUT2D eigenvalue weighted by Gasteiger charge is 2.12. The van der Waals surface area contributed by atoms with Crippen LogP contribution in [0.1, 0.15) is 10.4 Å². The molecule has 0 aromatic heterocycles. The zero-order valence-corrected chi connectivity index (χ0v) is 11.3. The van der Waals surface area contributed by atoms with Gasteiger partial charge in [0.25, 0.3) is 0 Å². The van der Waals surface area contributed by atoms with Gasteiger partial charge in [0, 0.05) is 12.9 Å². The normalized spacial score (nSPS) is 9.85. The zero-order valence-electron chi connectivity index (χ0n) is 6.67. The van der Waals surface area contributed by atoms with Crippen molar-refractivity contribution >= 4 is 57.1 Å². The van der Waals surface area contributed by atoms with Gasteiger partial charge in [-0.1, -0.05) is 15.9 Å². The van der Waals surface area contributed by atoms with Gasteiger partial charge in [-0.2, -0.15) is 0 Å². The zero-order chi connectivity index (χ0) is 10.0. The van der Waals surface area contributed by atoms with Crippen LogP contribution >= 0.6 is 51.1 Å². The van der Waals surface area contributed by atoms with Crippen molar-refractivity contribution in [3.8, 4) is 0 Å². The lowest BCUT2D eigenvalue weighted by molar-refractivity contribution is 0.0599. The molecule has 0 aliphatic carbocycles. The molecule has 0 fully saturated rings. The number of methoxy groups -OCH3 is 1. The summed E-state index contributed by atoms with van der Waals surface area (Å²) in [5.41, 5.74) is 0.530. The maximum Gasteiger partial charge on any atom is 0.339 e. The summed E-state index contributed by atoms with van der Waals surface area (Å²) < 4.78 is 6.25. The lowest BCUT2D eigenvalue weighted by atomic mass is 10.2. The smallest absolute Gasteiger partial charge is 0.339 e. The molecule has 0 saturated carbocycles. The first kappa shape index (κ1) is 11.3. The predicted octanol–water partition coefficient (Wildman–Crippen LogP) is 3.13. The van der Waals surface area contributed by atoms with Crippen LogP contribution in [-0.4, -0.2) is 13.1 Å². The van der Waals surface area contributed by atoms with Gasteiger partial charge in [0.15, 0.2) is 0 Å². The van der Waals surface area contributed by atoms with Gasteiger partial charge in [-0.05, 0) is 34.7 Å². The third-order valence-corrected chi connectivity index (χ3v) is 3.82. The third-order valence-electron chi connectivity index (χ3n) is 1.42. The van der Waals surface area contributed by atoms with Crippen molar-refractivity contribution < 1.29 is 9.53 Å². The number of thiol groups is 1. The standard InChI is InChI=1S/C8H6BrIO2S/c1-12-8(11)5-2-4(9)3-6(13)7(5)10/h2-3,13H,1H3. The van der Waals surface area contributed by atoms with Crippen molar-refractivity contribution in [3.05, 3.63) is 25.7 Å². The van der Waals surface area contributed by atoms with Crippen LogP contribution in [0, 0.1) is 3.57 Å². The van der Waals surface area contributed by atoms with Crippen LogP contribution in [0.25, 0.3) is 0 Å². The number of rotatable bonds is 1. The molecule has 70 valence electrons. The molecule has 13 heavy (non-hydrogen) atoms. The van der Waals surface area contributed by atoms with E-state index in [4.69, 9.17) is 0 Å². The third kappa shape index (κ3) is 2.60. The average molecular weight is 373 g/mol. The molecule has 0 N–H and O–H groups in total. The summed E-state index contributed by atoms with van der Waals surface area (Å²) >= 11 is 9.57. The first-order chi connectivity index (χ1) is 6.06. The second kappa shape index (κ2) is 4.65. The number of hydrogen-bond acceptors (Lipinski definition) is 3. The molecule has 0 heterocycles. The maximum atomic E-state index is 11.3. The first-order valence-electron chi connectivity index (χ1n) is 3.32. The minimum absolute atomic E-state index is 0.346. The second-order valence-electron chi connectivity index (χ2n) is 2.28. The maximum absolute atomic E-state index is 11.3. The summed E-state index contributed by atoms with van der Waals surface area (Å²) in [5.74, 6) is -0.346. The fourth-order valence-electron chi connectivity index (χ4n) is 0.833. The van der Waals surface area contributed by atoms with E-state index in [-0.39, 0.29) is 5.97 Å². The average Bonchev–Trinajstić information content (AvgIpc) is 2.10. The van der Waals surface area contributed by atoms with Crippen LogP contribution < -0.4 is 0 Å². The molecule has 1 aromatic rings. The van der Waals surface area contributed by atoms with Crippen molar-refractivity contribution in [2.45, 2.75) is 4.90 Å². The van der Waals surface area contributed by atoms with E-state index in [0.29, 0.717) is 5.56 Å². The van der Waals surface area contributed by atoms with Crippen molar-refractivity contribution in [2.75, 3.05) is 7.11 Å². The van der Waals surface area contributed by atoms with Crippen LogP contribution in [-0.2, 0) is 4.74 Å². The lowest BCUT2D eigenvalue weighted by Crippen LogP contribution is -2.04. The van der Waals surface area contributed by atoms with Gasteiger partial charge in [0.05, 0.1) is 12.7 Å². The molecule has 0 saturated heterocycles. The summed E-state index contributed by atoms with van der Waals surface area (Å²) in [6, 6.07) is 3.55. The number of ether oxygens (including phenoxy) is 1. The summed E-state index contributed by atoms with van der Waals surface area (Å²) in [4.78, 5) is 12.0. The minimum Gasteiger partial charge on any atom is -0.465 e. The fourth-order valence-corrected chi connectivity index (χ4v) is 2.26. The molecule has 2 nitrogen and oxygen atoms in total. The summed E-state index contributed by atoms with van der Waals surface area (Å²) in [7, 11) is 1.36. The number of carbonyl (C=O) groups is 1. The topological polar surface area (TPSA) is 26.3 Å². The van der Waals surface area contributed by atoms with Gasteiger partial charge in [-0.15, -0.1) is 12.6 Å². The molecule has 0 unspecified atom stereocenters. The minimum atomic E-state index is -0.346. The van der Waals surface area contributed by atoms with Gasteiger partial charge in [0.2, 0.25) is 0 Å². The van der Waals surface area contributed by atoms with Crippen LogP contribution in [0.15, 0.2) is 21.5 Å². The van der Waals surface area contributed by atoms with E-state index < -0.39 is 0 Å². The Kier molecular flexibility index (Phi) is 4.06. The molecule has 0 aliphatic rings. The molecular formula is C8H6BrIO2S. The Labute approximate surface area is 104 Å². The van der Waals surface area contributed by atoms with E-state index in [2.05, 4.69) is 55.9 Å². The second-order valence-corrected chi connectivity index (χ2v) is 4.75. The van der Waals surface area contributed by atoms with E-state index in [9.17, 15) is 4.79 Å². The van der Waals surface area contributed by atoms with Crippen LogP contribution in [0.5, 0.6) is 0 Å². The molecule has 0 atom stereocenters. The van der Waals surface area contributed by atoms with E-state index in [1.165, 1.54) is 7.11 Å². The Morgan fingerprint density at radius 3 is 2.77 bits per heavy atom. The summed E-state index contributed by atoms with van der Waals surface area (Å²) in [6.45, 7) is 0. The van der Waals surface area contributed by atoms with Crippen LogP contribution in [0.4, 0.5) is 0 Å². The highest BCUT2D eigenvalue weighted by atomic mass is 127. The van der Waals surface area contributed by atoms with Gasteiger partial charge in [-0.25, -0.2) is 4.79 Å². The van der Waals surface area contributed by atoms with Crippen molar-refractivity contribution in [1.82, 2.24) is 0 Å². The lowest BCUT2D eigenvalue weighted by Gasteiger charge is -2.05. The summed E-state index contributed by atoms with van der Waals surface area (Å²) in [5, 5.41) is 0. The molecule has 1 rings (SSSR count). The largest absolute Gasteiger partial charge is 0.465 e. The molecule has 0 amide bonds. The van der Waals surface area contributed by atoms with Crippen LogP contribution in [0.2, 0.25) is 0 Å². The molecule has 0 bridgehead atoms.